The molecule has 1 saturated heterocycles. The van der Waals surface area contributed by atoms with Crippen molar-refractivity contribution < 1.29 is 9.72 Å². The molecule has 2 aromatic rings. The van der Waals surface area contributed by atoms with E-state index >= 15 is 0 Å². The van der Waals surface area contributed by atoms with Crippen molar-refractivity contribution in [3.63, 3.8) is 0 Å². The number of rotatable bonds is 5. The van der Waals surface area contributed by atoms with Gasteiger partial charge < -0.3 is 10.6 Å². The SMILES string of the molecule is Cc1csc(Sc2ccc(C(=O)N3CCC(CN)CC3)cc2[N+](=O)[O-])n1.Cl. The summed E-state index contributed by atoms with van der Waals surface area (Å²) in [7, 11) is 0. The van der Waals surface area contributed by atoms with Crippen LogP contribution in [-0.2, 0) is 0 Å². The average Bonchev–Trinajstić information content (AvgIpc) is 3.06. The van der Waals surface area contributed by atoms with Crippen LogP contribution in [0.25, 0.3) is 0 Å². The molecule has 0 radical (unpaired) electrons. The largest absolute Gasteiger partial charge is 0.339 e. The minimum atomic E-state index is -0.444. The van der Waals surface area contributed by atoms with E-state index in [1.54, 1.807) is 17.0 Å². The molecule has 0 bridgehead atoms. The predicted octanol–water partition coefficient (Wildman–Crippen LogP) is 3.74. The molecule has 1 aromatic heterocycles. The number of benzene rings is 1. The van der Waals surface area contributed by atoms with E-state index in [-0.39, 0.29) is 24.0 Å². The Hall–Kier alpha value is -1.68. The first-order chi connectivity index (χ1) is 12.5. The summed E-state index contributed by atoms with van der Waals surface area (Å²) in [5.74, 6) is 0.291. The van der Waals surface area contributed by atoms with E-state index in [1.807, 2.05) is 12.3 Å². The Balaban J connectivity index is 0.00000261. The Bertz CT molecular complexity index is 822. The van der Waals surface area contributed by atoms with Crippen molar-refractivity contribution in [1.29, 1.82) is 0 Å². The maximum absolute atomic E-state index is 12.7. The topological polar surface area (TPSA) is 102 Å². The van der Waals surface area contributed by atoms with Crippen LogP contribution >= 0.6 is 35.5 Å². The lowest BCUT2D eigenvalue weighted by Crippen LogP contribution is -2.40. The highest BCUT2D eigenvalue weighted by Crippen LogP contribution is 2.37. The molecule has 0 aliphatic carbocycles. The molecule has 2 N–H and O–H groups in total. The van der Waals surface area contributed by atoms with E-state index in [0.717, 1.165) is 22.9 Å². The van der Waals surface area contributed by atoms with Gasteiger partial charge in [0.15, 0.2) is 4.34 Å². The normalized spacial score (nSPS) is 14.7. The van der Waals surface area contributed by atoms with Gasteiger partial charge in [-0.15, -0.1) is 23.7 Å². The zero-order valence-corrected chi connectivity index (χ0v) is 17.2. The molecule has 1 aliphatic rings. The van der Waals surface area contributed by atoms with Gasteiger partial charge in [-0.2, -0.15) is 0 Å². The molecule has 27 heavy (non-hydrogen) atoms. The van der Waals surface area contributed by atoms with Crippen LogP contribution in [0.5, 0.6) is 0 Å². The van der Waals surface area contributed by atoms with Crippen molar-refractivity contribution in [3.8, 4) is 0 Å². The molecule has 3 rings (SSSR count). The third-order valence-electron chi connectivity index (χ3n) is 4.43. The summed E-state index contributed by atoms with van der Waals surface area (Å²) >= 11 is 2.69. The number of halogens is 1. The fourth-order valence-electron chi connectivity index (χ4n) is 2.91. The Kier molecular flexibility index (Phi) is 7.60. The molecular weight excluding hydrogens is 408 g/mol. The second kappa shape index (κ2) is 9.50. The van der Waals surface area contributed by atoms with Crippen LogP contribution in [0.3, 0.4) is 0 Å². The minimum absolute atomic E-state index is 0. The molecule has 0 unspecified atom stereocenters. The lowest BCUT2D eigenvalue weighted by atomic mass is 9.96. The first kappa shape index (κ1) is 21.6. The number of aryl methyl sites for hydroxylation is 1. The molecule has 1 aliphatic heterocycles. The number of piperidine rings is 1. The van der Waals surface area contributed by atoms with Gasteiger partial charge in [-0.3, -0.25) is 14.9 Å². The number of nitro groups is 1. The summed E-state index contributed by atoms with van der Waals surface area (Å²) in [5, 5.41) is 13.4. The van der Waals surface area contributed by atoms with Crippen molar-refractivity contribution in [1.82, 2.24) is 9.88 Å². The summed E-state index contributed by atoms with van der Waals surface area (Å²) in [6, 6.07) is 4.67. The molecule has 1 amide bonds. The maximum Gasteiger partial charge on any atom is 0.284 e. The molecule has 0 spiro atoms. The molecule has 7 nitrogen and oxygen atoms in total. The quantitative estimate of drug-likeness (QED) is 0.574. The summed E-state index contributed by atoms with van der Waals surface area (Å²) in [6.45, 7) is 3.80. The van der Waals surface area contributed by atoms with Crippen molar-refractivity contribution >= 4 is 47.1 Å². The van der Waals surface area contributed by atoms with E-state index in [4.69, 9.17) is 5.73 Å². The van der Waals surface area contributed by atoms with E-state index in [2.05, 4.69) is 4.98 Å². The minimum Gasteiger partial charge on any atom is -0.339 e. The summed E-state index contributed by atoms with van der Waals surface area (Å²) < 4.78 is 0.744. The zero-order chi connectivity index (χ0) is 18.7. The van der Waals surface area contributed by atoms with E-state index in [9.17, 15) is 14.9 Å². The number of nitrogens with zero attached hydrogens (tertiary/aromatic N) is 3. The third-order valence-corrected chi connectivity index (χ3v) is 6.55. The number of nitrogens with two attached hydrogens (primary N) is 1. The first-order valence-corrected chi connectivity index (χ1v) is 10.1. The van der Waals surface area contributed by atoms with Crippen molar-refractivity contribution in [2.24, 2.45) is 11.7 Å². The summed E-state index contributed by atoms with van der Waals surface area (Å²) in [6.07, 6.45) is 1.75. The van der Waals surface area contributed by atoms with E-state index < -0.39 is 4.92 Å². The molecule has 146 valence electrons. The van der Waals surface area contributed by atoms with Crippen LogP contribution in [0.1, 0.15) is 28.9 Å². The smallest absolute Gasteiger partial charge is 0.284 e. The van der Waals surface area contributed by atoms with Gasteiger partial charge >= 0.3 is 0 Å². The van der Waals surface area contributed by atoms with Crippen molar-refractivity contribution in [2.75, 3.05) is 19.6 Å². The number of hydrogen-bond acceptors (Lipinski definition) is 7. The van der Waals surface area contributed by atoms with Gasteiger partial charge in [-0.05, 0) is 44.4 Å². The lowest BCUT2D eigenvalue weighted by Gasteiger charge is -2.31. The molecule has 0 saturated carbocycles. The molecule has 10 heteroatoms. The first-order valence-electron chi connectivity index (χ1n) is 8.35. The van der Waals surface area contributed by atoms with Gasteiger partial charge in [0, 0.05) is 35.8 Å². The van der Waals surface area contributed by atoms with Gasteiger partial charge in [0.1, 0.15) is 0 Å². The average molecular weight is 429 g/mol. The number of amides is 1. The highest BCUT2D eigenvalue weighted by atomic mass is 35.5. The summed E-state index contributed by atoms with van der Waals surface area (Å²) in [5.41, 5.74) is 6.85. The third kappa shape index (κ3) is 5.19. The molecule has 0 atom stereocenters. The summed E-state index contributed by atoms with van der Waals surface area (Å²) in [4.78, 5) is 30.3. The number of hydrogen-bond donors (Lipinski definition) is 1. The number of carbonyl (C=O) groups is 1. The monoisotopic (exact) mass is 428 g/mol. The van der Waals surface area contributed by atoms with Gasteiger partial charge in [0.05, 0.1) is 9.82 Å². The highest BCUT2D eigenvalue weighted by Gasteiger charge is 2.25. The van der Waals surface area contributed by atoms with Gasteiger partial charge in [-0.1, -0.05) is 11.8 Å². The number of nitro benzene ring substituents is 1. The molecular formula is C17H21ClN4O3S2. The Labute approximate surface area is 171 Å². The van der Waals surface area contributed by atoms with Gasteiger partial charge in [0.25, 0.3) is 11.6 Å². The van der Waals surface area contributed by atoms with Crippen LogP contribution < -0.4 is 5.73 Å². The Morgan fingerprint density at radius 3 is 2.70 bits per heavy atom. The van der Waals surface area contributed by atoms with Crippen molar-refractivity contribution in [3.05, 3.63) is 45.0 Å². The fraction of sp³-hybridized carbons (Fsp3) is 0.412. The number of aromatic nitrogens is 1. The van der Waals surface area contributed by atoms with E-state index in [0.29, 0.717) is 36.0 Å². The highest BCUT2D eigenvalue weighted by molar-refractivity contribution is 8.01. The number of likely N-dealkylation sites (tertiary alicyclic amines) is 1. The van der Waals surface area contributed by atoms with Crippen LogP contribution in [0.2, 0.25) is 0 Å². The zero-order valence-electron chi connectivity index (χ0n) is 14.8. The lowest BCUT2D eigenvalue weighted by molar-refractivity contribution is -0.387. The second-order valence-electron chi connectivity index (χ2n) is 6.27. The second-order valence-corrected chi connectivity index (χ2v) is 8.41. The van der Waals surface area contributed by atoms with Gasteiger partial charge in [-0.25, -0.2) is 4.98 Å². The van der Waals surface area contributed by atoms with Crippen LogP contribution in [-0.4, -0.2) is 40.3 Å². The van der Waals surface area contributed by atoms with Crippen LogP contribution in [0, 0.1) is 23.0 Å². The van der Waals surface area contributed by atoms with E-state index in [1.165, 1.54) is 29.2 Å². The molecule has 1 fully saturated rings. The van der Waals surface area contributed by atoms with Gasteiger partial charge in [0.2, 0.25) is 0 Å². The fourth-order valence-corrected chi connectivity index (χ4v) is 4.79. The van der Waals surface area contributed by atoms with Crippen molar-refractivity contribution in [2.45, 2.75) is 29.0 Å². The Morgan fingerprint density at radius 1 is 1.44 bits per heavy atom. The standard InChI is InChI=1S/C17H20N4O3S2.ClH/c1-11-10-25-17(19-11)26-15-3-2-13(8-14(15)21(23)24)16(22)20-6-4-12(9-18)5-7-20;/h2-3,8,10,12H,4-7,9,18H2,1H3;1H. The molecule has 1 aromatic carbocycles. The predicted molar refractivity (Wildman–Crippen MR) is 109 cm³/mol. The Morgan fingerprint density at radius 2 is 2.15 bits per heavy atom. The number of thiazole rings is 1. The molecule has 2 heterocycles. The van der Waals surface area contributed by atoms with Crippen LogP contribution in [0.4, 0.5) is 5.69 Å². The maximum atomic E-state index is 12.7. The van der Waals surface area contributed by atoms with Crippen LogP contribution in [0.15, 0.2) is 32.8 Å². The number of carbonyl (C=O) groups excluding carboxylic acids is 1.